The third-order valence-electron chi connectivity index (χ3n) is 6.51. The first-order chi connectivity index (χ1) is 15.2. The van der Waals surface area contributed by atoms with Crippen LogP contribution in [0.4, 0.5) is 0 Å². The van der Waals surface area contributed by atoms with E-state index in [9.17, 15) is 4.79 Å². The summed E-state index contributed by atoms with van der Waals surface area (Å²) in [6.07, 6.45) is 1.08. The lowest BCUT2D eigenvalue weighted by molar-refractivity contribution is 0.112. The average molecular weight is 427 g/mol. The highest BCUT2D eigenvalue weighted by atomic mass is 16.1. The van der Waals surface area contributed by atoms with E-state index in [1.54, 1.807) is 0 Å². The molecule has 0 aliphatic heterocycles. The van der Waals surface area contributed by atoms with Crippen LogP contribution in [0.1, 0.15) is 112 Å². The Hall–Kier alpha value is -2.67. The van der Waals surface area contributed by atoms with Gasteiger partial charge in [-0.05, 0) is 68.2 Å². The van der Waals surface area contributed by atoms with Gasteiger partial charge in [0.05, 0.1) is 0 Å². The summed E-state index contributed by atoms with van der Waals surface area (Å²) in [7, 11) is 0. The van der Waals surface area contributed by atoms with Crippen LogP contribution in [0.2, 0.25) is 0 Å². The molecule has 3 aromatic carbocycles. The van der Waals surface area contributed by atoms with E-state index in [1.807, 2.05) is 0 Å². The number of aldehydes is 1. The second-order valence-electron chi connectivity index (χ2n) is 10.1. The molecule has 0 saturated carbocycles. The van der Waals surface area contributed by atoms with Crippen molar-refractivity contribution < 1.29 is 4.79 Å². The number of carbonyl (C=O) groups is 1. The highest BCUT2D eigenvalue weighted by Gasteiger charge is 2.23. The largest absolute Gasteiger partial charge is 0.298 e. The molecule has 0 radical (unpaired) electrons. The molecular weight excluding hydrogens is 388 g/mol. The minimum atomic E-state index is 0.376. The van der Waals surface area contributed by atoms with Crippen LogP contribution < -0.4 is 0 Å². The third-order valence-corrected chi connectivity index (χ3v) is 6.51. The van der Waals surface area contributed by atoms with Crippen LogP contribution in [0.3, 0.4) is 0 Å². The van der Waals surface area contributed by atoms with Gasteiger partial charge in [0.2, 0.25) is 0 Å². The molecule has 168 valence electrons. The minimum Gasteiger partial charge on any atom is -0.298 e. The zero-order chi connectivity index (χ0) is 23.6. The highest BCUT2D eigenvalue weighted by Crippen LogP contribution is 2.43. The Bertz CT molecular complexity index is 965. The molecule has 0 heterocycles. The van der Waals surface area contributed by atoms with Gasteiger partial charge in [-0.2, -0.15) is 0 Å². The van der Waals surface area contributed by atoms with Crippen LogP contribution in [-0.2, 0) is 0 Å². The molecule has 0 atom stereocenters. The predicted molar refractivity (Wildman–Crippen MR) is 139 cm³/mol. The quantitative estimate of drug-likeness (QED) is 0.344. The first-order valence-corrected chi connectivity index (χ1v) is 12.0. The lowest BCUT2D eigenvalue weighted by Gasteiger charge is -2.24. The van der Waals surface area contributed by atoms with Crippen molar-refractivity contribution in [3.05, 3.63) is 82.4 Å². The van der Waals surface area contributed by atoms with Gasteiger partial charge in [0, 0.05) is 5.56 Å². The zero-order valence-electron chi connectivity index (χ0n) is 21.0. The maximum absolute atomic E-state index is 12.7. The Morgan fingerprint density at radius 3 is 1.03 bits per heavy atom. The molecule has 0 bridgehead atoms. The fraction of sp³-hybridized carbons (Fsp3) is 0.387. The maximum Gasteiger partial charge on any atom is 0.151 e. The van der Waals surface area contributed by atoms with E-state index in [-0.39, 0.29) is 0 Å². The lowest BCUT2D eigenvalue weighted by atomic mass is 9.79. The third kappa shape index (κ3) is 4.44. The average Bonchev–Trinajstić information content (AvgIpc) is 2.77. The first-order valence-electron chi connectivity index (χ1n) is 12.0. The first kappa shape index (κ1) is 24.0. The molecule has 0 saturated heterocycles. The van der Waals surface area contributed by atoms with Crippen molar-refractivity contribution >= 4 is 6.29 Å². The molecule has 0 aliphatic carbocycles. The molecule has 0 aliphatic rings. The van der Waals surface area contributed by atoms with Gasteiger partial charge in [0.15, 0.2) is 6.29 Å². The van der Waals surface area contributed by atoms with Crippen LogP contribution in [0, 0.1) is 0 Å². The van der Waals surface area contributed by atoms with Crippen LogP contribution in [-0.4, -0.2) is 6.29 Å². The van der Waals surface area contributed by atoms with Crippen molar-refractivity contribution in [3.8, 4) is 22.3 Å². The predicted octanol–water partition coefficient (Wildman–Crippen LogP) is 9.33. The molecule has 32 heavy (non-hydrogen) atoms. The summed E-state index contributed by atoms with van der Waals surface area (Å²) in [5.74, 6) is 1.50. The van der Waals surface area contributed by atoms with E-state index in [0.717, 1.165) is 23.0 Å². The molecular formula is C31H38O. The second-order valence-corrected chi connectivity index (χ2v) is 10.1. The van der Waals surface area contributed by atoms with Gasteiger partial charge >= 0.3 is 0 Å². The lowest BCUT2D eigenvalue weighted by Crippen LogP contribution is -2.05. The molecule has 0 spiro atoms. The van der Waals surface area contributed by atoms with Crippen LogP contribution in [0.15, 0.2) is 54.6 Å². The fourth-order valence-electron chi connectivity index (χ4n) is 4.85. The number of hydrogen-bond acceptors (Lipinski definition) is 1. The van der Waals surface area contributed by atoms with Crippen molar-refractivity contribution in [1.82, 2.24) is 0 Å². The summed E-state index contributed by atoms with van der Waals surface area (Å²) < 4.78 is 0. The SMILES string of the molecule is CC(C)c1cccc(C(C)C)c1-c1cccc(-c2c(C(C)C)cccc2C(C)C)c1C=O. The summed E-state index contributed by atoms with van der Waals surface area (Å²) in [5.41, 5.74) is 10.6. The van der Waals surface area contributed by atoms with Crippen molar-refractivity contribution in [3.63, 3.8) is 0 Å². The Kier molecular flexibility index (Phi) is 7.39. The molecule has 0 unspecified atom stereocenters. The Morgan fingerprint density at radius 1 is 0.500 bits per heavy atom. The summed E-state index contributed by atoms with van der Waals surface area (Å²) in [5, 5.41) is 0. The molecule has 3 rings (SSSR count). The van der Waals surface area contributed by atoms with Crippen molar-refractivity contribution in [1.29, 1.82) is 0 Å². The van der Waals surface area contributed by atoms with Crippen molar-refractivity contribution in [2.24, 2.45) is 0 Å². The zero-order valence-corrected chi connectivity index (χ0v) is 21.0. The van der Waals surface area contributed by atoms with Gasteiger partial charge in [-0.1, -0.05) is 110 Å². The fourth-order valence-corrected chi connectivity index (χ4v) is 4.85. The van der Waals surface area contributed by atoms with E-state index in [0.29, 0.717) is 23.7 Å². The molecule has 1 heteroatoms. The van der Waals surface area contributed by atoms with Gasteiger partial charge in [0.25, 0.3) is 0 Å². The van der Waals surface area contributed by atoms with Gasteiger partial charge in [-0.3, -0.25) is 4.79 Å². The van der Waals surface area contributed by atoms with Crippen LogP contribution in [0.5, 0.6) is 0 Å². The van der Waals surface area contributed by atoms with Gasteiger partial charge in [-0.15, -0.1) is 0 Å². The standard InChI is InChI=1S/C31H38O/c1-19(2)23-12-9-13-24(20(3)4)30(23)27-16-11-17-28(29(27)18-32)31-25(21(5)6)14-10-15-26(31)22(7)8/h9-22H,1-8H3. The van der Waals surface area contributed by atoms with Crippen LogP contribution in [0.25, 0.3) is 22.3 Å². The molecule has 3 aromatic rings. The smallest absolute Gasteiger partial charge is 0.151 e. The minimum absolute atomic E-state index is 0.376. The number of benzene rings is 3. The Balaban J connectivity index is 2.44. The molecule has 0 fully saturated rings. The number of rotatable bonds is 7. The van der Waals surface area contributed by atoms with Crippen LogP contribution >= 0.6 is 0 Å². The molecule has 1 nitrogen and oxygen atoms in total. The van der Waals surface area contributed by atoms with Gasteiger partial charge < -0.3 is 0 Å². The van der Waals surface area contributed by atoms with E-state index >= 15 is 0 Å². The molecule has 0 aromatic heterocycles. The monoisotopic (exact) mass is 426 g/mol. The maximum atomic E-state index is 12.7. The topological polar surface area (TPSA) is 17.1 Å². The molecule has 0 N–H and O–H groups in total. The summed E-state index contributed by atoms with van der Waals surface area (Å²) in [6, 6.07) is 19.6. The summed E-state index contributed by atoms with van der Waals surface area (Å²) in [4.78, 5) is 12.7. The second kappa shape index (κ2) is 9.86. The van der Waals surface area contributed by atoms with E-state index in [4.69, 9.17) is 0 Å². The summed E-state index contributed by atoms with van der Waals surface area (Å²) in [6.45, 7) is 17.9. The van der Waals surface area contributed by atoms with Gasteiger partial charge in [-0.25, -0.2) is 0 Å². The highest BCUT2D eigenvalue weighted by molar-refractivity contribution is 5.99. The Labute approximate surface area is 194 Å². The Morgan fingerprint density at radius 2 is 0.781 bits per heavy atom. The number of carbonyl (C=O) groups excluding carboxylic acids is 1. The van der Waals surface area contributed by atoms with Crippen molar-refractivity contribution in [2.75, 3.05) is 0 Å². The molecule has 0 amide bonds. The van der Waals surface area contributed by atoms with Crippen molar-refractivity contribution in [2.45, 2.75) is 79.1 Å². The van der Waals surface area contributed by atoms with E-state index in [2.05, 4.69) is 110 Å². The van der Waals surface area contributed by atoms with Gasteiger partial charge in [0.1, 0.15) is 0 Å². The van der Waals surface area contributed by atoms with E-state index < -0.39 is 0 Å². The van der Waals surface area contributed by atoms with E-state index in [1.165, 1.54) is 33.4 Å². The number of hydrogen-bond donors (Lipinski definition) is 0. The normalized spacial score (nSPS) is 11.8. The summed E-state index contributed by atoms with van der Waals surface area (Å²) >= 11 is 0.